The third-order valence-corrected chi connectivity index (χ3v) is 4.64. The molecular formula is C20H19ClN2O2. The van der Waals surface area contributed by atoms with Gasteiger partial charge in [-0.15, -0.1) is 0 Å². The van der Waals surface area contributed by atoms with Crippen LogP contribution in [0.5, 0.6) is 5.75 Å². The van der Waals surface area contributed by atoms with Gasteiger partial charge in [0.1, 0.15) is 5.75 Å². The molecule has 0 spiro atoms. The Balaban J connectivity index is 1.60. The van der Waals surface area contributed by atoms with Crippen LogP contribution in [-0.4, -0.2) is 24.8 Å². The van der Waals surface area contributed by atoms with Gasteiger partial charge in [-0.05, 0) is 48.5 Å². The highest BCUT2D eigenvalue weighted by Crippen LogP contribution is 2.33. The van der Waals surface area contributed by atoms with Crippen molar-refractivity contribution < 1.29 is 9.47 Å². The van der Waals surface area contributed by atoms with E-state index in [1.54, 1.807) is 7.11 Å². The Kier molecular flexibility index (Phi) is 4.38. The molecular weight excluding hydrogens is 336 g/mol. The Bertz CT molecular complexity index is 860. The maximum atomic E-state index is 6.10. The molecule has 1 aliphatic rings. The van der Waals surface area contributed by atoms with Crippen LogP contribution >= 0.6 is 11.6 Å². The van der Waals surface area contributed by atoms with Gasteiger partial charge in [0.2, 0.25) is 0 Å². The van der Waals surface area contributed by atoms with Crippen LogP contribution < -0.4 is 9.64 Å². The molecule has 0 bridgehead atoms. The van der Waals surface area contributed by atoms with Crippen molar-refractivity contribution in [3.8, 4) is 11.4 Å². The van der Waals surface area contributed by atoms with Crippen molar-refractivity contribution in [2.45, 2.75) is 6.23 Å². The minimum atomic E-state index is -0.0890. The number of hydrogen-bond donors (Lipinski definition) is 0. The summed E-state index contributed by atoms with van der Waals surface area (Å²) in [7, 11) is 1.68. The van der Waals surface area contributed by atoms with Crippen LogP contribution in [0.15, 0.2) is 67.0 Å². The number of anilines is 1. The molecule has 1 aromatic heterocycles. The quantitative estimate of drug-likeness (QED) is 0.681. The van der Waals surface area contributed by atoms with E-state index in [4.69, 9.17) is 21.1 Å². The molecule has 0 amide bonds. The number of aromatic nitrogens is 1. The number of halogens is 1. The Hall–Kier alpha value is -2.43. The Morgan fingerprint density at radius 2 is 1.92 bits per heavy atom. The van der Waals surface area contributed by atoms with Crippen molar-refractivity contribution in [1.82, 2.24) is 4.57 Å². The maximum Gasteiger partial charge on any atom is 0.158 e. The molecule has 25 heavy (non-hydrogen) atoms. The van der Waals surface area contributed by atoms with Gasteiger partial charge >= 0.3 is 0 Å². The van der Waals surface area contributed by atoms with E-state index in [1.807, 2.05) is 42.6 Å². The van der Waals surface area contributed by atoms with E-state index in [0.29, 0.717) is 6.61 Å². The molecule has 0 unspecified atom stereocenters. The van der Waals surface area contributed by atoms with Gasteiger partial charge < -0.3 is 18.9 Å². The first-order valence-corrected chi connectivity index (χ1v) is 8.58. The number of rotatable bonds is 4. The monoisotopic (exact) mass is 354 g/mol. The van der Waals surface area contributed by atoms with Crippen molar-refractivity contribution in [1.29, 1.82) is 0 Å². The molecule has 1 atom stereocenters. The Morgan fingerprint density at radius 3 is 2.68 bits per heavy atom. The fraction of sp³-hybridized carbons (Fsp3) is 0.200. The standard InChI is InChI=1S/C20H19ClN2O2/c1-24-19-7-5-17(6-8-19)23-11-12-25-20(23)15-9-10-22(14-15)18-4-2-3-16(21)13-18/h2-10,13-14,20H,11-12H2,1H3/t20-/m1/s1. The lowest BCUT2D eigenvalue weighted by Gasteiger charge is -2.24. The summed E-state index contributed by atoms with van der Waals surface area (Å²) >= 11 is 6.10. The lowest BCUT2D eigenvalue weighted by atomic mass is 10.2. The van der Waals surface area contributed by atoms with Crippen LogP contribution in [0, 0.1) is 0 Å². The van der Waals surface area contributed by atoms with Crippen LogP contribution in [0.2, 0.25) is 5.02 Å². The van der Waals surface area contributed by atoms with Crippen molar-refractivity contribution in [3.05, 3.63) is 77.6 Å². The maximum absolute atomic E-state index is 6.10. The van der Waals surface area contributed by atoms with Gasteiger partial charge in [-0.1, -0.05) is 17.7 Å². The van der Waals surface area contributed by atoms with Gasteiger partial charge in [-0.3, -0.25) is 0 Å². The van der Waals surface area contributed by atoms with E-state index < -0.39 is 0 Å². The fourth-order valence-corrected chi connectivity index (χ4v) is 3.33. The predicted octanol–water partition coefficient (Wildman–Crippen LogP) is 4.67. The van der Waals surface area contributed by atoms with E-state index in [0.717, 1.165) is 34.3 Å². The summed E-state index contributed by atoms with van der Waals surface area (Å²) in [4.78, 5) is 2.26. The van der Waals surface area contributed by atoms with Gasteiger partial charge in [-0.2, -0.15) is 0 Å². The third-order valence-electron chi connectivity index (χ3n) is 4.40. The van der Waals surface area contributed by atoms with Crippen LogP contribution in [0.25, 0.3) is 5.69 Å². The van der Waals surface area contributed by atoms with Gasteiger partial charge in [0.05, 0.1) is 13.7 Å². The molecule has 4 nitrogen and oxygen atoms in total. The first-order valence-electron chi connectivity index (χ1n) is 8.21. The summed E-state index contributed by atoms with van der Waals surface area (Å²) in [6.45, 7) is 1.57. The lowest BCUT2D eigenvalue weighted by molar-refractivity contribution is 0.114. The molecule has 1 saturated heterocycles. The van der Waals surface area contributed by atoms with E-state index >= 15 is 0 Å². The van der Waals surface area contributed by atoms with E-state index in [2.05, 4.69) is 33.9 Å². The SMILES string of the molecule is COc1ccc(N2CCO[C@@H]2c2ccn(-c3cccc(Cl)c3)c2)cc1. The highest BCUT2D eigenvalue weighted by molar-refractivity contribution is 6.30. The number of hydrogen-bond acceptors (Lipinski definition) is 3. The summed E-state index contributed by atoms with van der Waals surface area (Å²) in [5.41, 5.74) is 3.28. The van der Waals surface area contributed by atoms with Gasteiger partial charge in [0.25, 0.3) is 0 Å². The Morgan fingerprint density at radius 1 is 1.08 bits per heavy atom. The van der Waals surface area contributed by atoms with Crippen LogP contribution in [0.1, 0.15) is 11.8 Å². The van der Waals surface area contributed by atoms with Crippen molar-refractivity contribution in [2.24, 2.45) is 0 Å². The average Bonchev–Trinajstić information content (AvgIpc) is 3.31. The highest BCUT2D eigenvalue weighted by atomic mass is 35.5. The number of ether oxygens (including phenoxy) is 2. The molecule has 2 aromatic carbocycles. The van der Waals surface area contributed by atoms with E-state index in [9.17, 15) is 0 Å². The molecule has 4 rings (SSSR count). The van der Waals surface area contributed by atoms with Gasteiger partial charge in [-0.25, -0.2) is 0 Å². The molecule has 0 radical (unpaired) electrons. The Labute approximate surface area is 152 Å². The van der Waals surface area contributed by atoms with Crippen LogP contribution in [0.4, 0.5) is 5.69 Å². The van der Waals surface area contributed by atoms with Gasteiger partial charge in [0, 0.05) is 40.9 Å². The molecule has 5 heteroatoms. The lowest BCUT2D eigenvalue weighted by Crippen LogP contribution is -2.22. The molecule has 0 aliphatic carbocycles. The van der Waals surface area contributed by atoms with Crippen LogP contribution in [0.3, 0.4) is 0 Å². The summed E-state index contributed by atoms with van der Waals surface area (Å²) in [6, 6.07) is 18.0. The summed E-state index contributed by atoms with van der Waals surface area (Å²) < 4.78 is 13.3. The molecule has 128 valence electrons. The second-order valence-corrected chi connectivity index (χ2v) is 6.38. The van der Waals surface area contributed by atoms with Crippen molar-refractivity contribution in [2.75, 3.05) is 25.2 Å². The minimum Gasteiger partial charge on any atom is -0.497 e. The molecule has 1 fully saturated rings. The van der Waals surface area contributed by atoms with Crippen molar-refractivity contribution >= 4 is 17.3 Å². The molecule has 2 heterocycles. The average molecular weight is 355 g/mol. The van der Waals surface area contributed by atoms with Crippen molar-refractivity contribution in [3.63, 3.8) is 0 Å². The highest BCUT2D eigenvalue weighted by Gasteiger charge is 2.28. The largest absolute Gasteiger partial charge is 0.497 e. The first kappa shape index (κ1) is 16.1. The first-order chi connectivity index (χ1) is 12.2. The topological polar surface area (TPSA) is 26.6 Å². The van der Waals surface area contributed by atoms with E-state index in [-0.39, 0.29) is 6.23 Å². The fourth-order valence-electron chi connectivity index (χ4n) is 3.14. The minimum absolute atomic E-state index is 0.0890. The summed E-state index contributed by atoms with van der Waals surface area (Å²) in [5.74, 6) is 0.854. The molecule has 0 N–H and O–H groups in total. The molecule has 3 aromatic rings. The second kappa shape index (κ2) is 6.82. The molecule has 1 aliphatic heterocycles. The van der Waals surface area contributed by atoms with Crippen LogP contribution in [-0.2, 0) is 4.74 Å². The molecule has 0 saturated carbocycles. The zero-order chi connectivity index (χ0) is 17.2. The summed E-state index contributed by atoms with van der Waals surface area (Å²) in [6.07, 6.45) is 4.04. The summed E-state index contributed by atoms with van der Waals surface area (Å²) in [5, 5.41) is 0.727. The smallest absolute Gasteiger partial charge is 0.158 e. The zero-order valence-corrected chi connectivity index (χ0v) is 14.7. The normalized spacial score (nSPS) is 17.0. The third kappa shape index (κ3) is 3.23. The zero-order valence-electron chi connectivity index (χ0n) is 13.9. The van der Waals surface area contributed by atoms with Gasteiger partial charge in [0.15, 0.2) is 6.23 Å². The predicted molar refractivity (Wildman–Crippen MR) is 99.8 cm³/mol. The number of benzene rings is 2. The van der Waals surface area contributed by atoms with E-state index in [1.165, 1.54) is 0 Å². The number of nitrogens with zero attached hydrogens (tertiary/aromatic N) is 2. The number of methoxy groups -OCH3 is 1. The second-order valence-electron chi connectivity index (χ2n) is 5.95.